The number of benzene rings is 1. The lowest BCUT2D eigenvalue weighted by Gasteiger charge is -2.20. The van der Waals surface area contributed by atoms with Crippen molar-refractivity contribution in [2.24, 2.45) is 0 Å². The van der Waals surface area contributed by atoms with Gasteiger partial charge in [0.1, 0.15) is 23.5 Å². The molecule has 5 nitrogen and oxygen atoms in total. The van der Waals surface area contributed by atoms with Crippen LogP contribution < -0.4 is 9.64 Å². The fourth-order valence-corrected chi connectivity index (χ4v) is 3.49. The fourth-order valence-electron chi connectivity index (χ4n) is 3.37. The zero-order chi connectivity index (χ0) is 18.7. The van der Waals surface area contributed by atoms with Crippen LogP contribution >= 0.6 is 11.6 Å². The van der Waals surface area contributed by atoms with Gasteiger partial charge < -0.3 is 14.4 Å². The third kappa shape index (κ3) is 4.52. The molecule has 2 aromatic rings. The third-order valence-electron chi connectivity index (χ3n) is 4.71. The number of ether oxygens (including phenoxy) is 1. The summed E-state index contributed by atoms with van der Waals surface area (Å²) in [4.78, 5) is 21.8. The molecule has 0 spiro atoms. The number of halogens is 1. The predicted molar refractivity (Wildman–Crippen MR) is 103 cm³/mol. The average molecular weight is 374 g/mol. The Morgan fingerprint density at radius 2 is 2.12 bits per heavy atom. The van der Waals surface area contributed by atoms with E-state index in [1.807, 2.05) is 31.2 Å². The van der Waals surface area contributed by atoms with Crippen LogP contribution in [0.4, 0.5) is 5.82 Å². The molecule has 1 aromatic carbocycles. The van der Waals surface area contributed by atoms with Crippen molar-refractivity contribution < 1.29 is 9.53 Å². The Bertz CT molecular complexity index is 779. The van der Waals surface area contributed by atoms with Crippen molar-refractivity contribution in [2.45, 2.75) is 45.6 Å². The van der Waals surface area contributed by atoms with Gasteiger partial charge in [0, 0.05) is 31.1 Å². The number of carbonyl (C=O) groups is 1. The van der Waals surface area contributed by atoms with Crippen molar-refractivity contribution in [1.82, 2.24) is 9.97 Å². The molecular weight excluding hydrogens is 350 g/mol. The van der Waals surface area contributed by atoms with E-state index in [9.17, 15) is 4.79 Å². The second-order valence-corrected chi connectivity index (χ2v) is 7.33. The van der Waals surface area contributed by atoms with Crippen molar-refractivity contribution in [2.75, 3.05) is 18.0 Å². The zero-order valence-electron chi connectivity index (χ0n) is 15.4. The Hall–Kier alpha value is -2.14. The van der Waals surface area contributed by atoms with Crippen molar-refractivity contribution in [3.8, 4) is 5.75 Å². The summed E-state index contributed by atoms with van der Waals surface area (Å²) in [5, 5.41) is 0.269. The number of hydrogen-bond donors (Lipinski definition) is 0. The van der Waals surface area contributed by atoms with E-state index in [2.05, 4.69) is 21.8 Å². The maximum atomic E-state index is 11.3. The molecule has 0 saturated carbocycles. The van der Waals surface area contributed by atoms with Crippen LogP contribution in [0.3, 0.4) is 0 Å². The average Bonchev–Trinajstić information content (AvgIpc) is 3.05. The van der Waals surface area contributed by atoms with Crippen LogP contribution in [0.1, 0.15) is 43.7 Å². The molecule has 26 heavy (non-hydrogen) atoms. The number of Topliss-reactive ketones (excluding diaryl/α,β-unsaturated/α-hetero) is 1. The summed E-state index contributed by atoms with van der Waals surface area (Å²) >= 11 is 5.93. The van der Waals surface area contributed by atoms with Crippen LogP contribution in [0.25, 0.3) is 0 Å². The van der Waals surface area contributed by atoms with E-state index in [1.54, 1.807) is 13.1 Å². The number of anilines is 1. The van der Waals surface area contributed by atoms with Gasteiger partial charge in [0.25, 0.3) is 0 Å². The Morgan fingerprint density at radius 3 is 2.81 bits per heavy atom. The van der Waals surface area contributed by atoms with Crippen molar-refractivity contribution in [1.29, 1.82) is 0 Å². The molecule has 138 valence electrons. The predicted octanol–water partition coefficient (Wildman–Crippen LogP) is 4.18. The smallest absolute Gasteiger partial charge is 0.224 e. The van der Waals surface area contributed by atoms with Crippen LogP contribution in [-0.2, 0) is 4.79 Å². The first-order chi connectivity index (χ1) is 12.4. The minimum absolute atomic E-state index is 0.114. The normalized spacial score (nSPS) is 18.0. The molecule has 0 aliphatic carbocycles. The zero-order valence-corrected chi connectivity index (χ0v) is 16.2. The molecule has 2 heterocycles. The first-order valence-corrected chi connectivity index (χ1v) is 9.30. The number of ketones is 1. The second kappa shape index (κ2) is 8.04. The molecule has 0 amide bonds. The Balaban J connectivity index is 1.60. The van der Waals surface area contributed by atoms with E-state index < -0.39 is 0 Å². The van der Waals surface area contributed by atoms with Gasteiger partial charge in [0.2, 0.25) is 5.28 Å². The second-order valence-electron chi connectivity index (χ2n) is 7.00. The summed E-state index contributed by atoms with van der Waals surface area (Å²) in [6, 6.07) is 8.07. The highest BCUT2D eigenvalue weighted by Gasteiger charge is 2.26. The SMILES string of the molecule is CC(=O)C[C@@H](C)c1ccc(O[C@@H]2CCN(c3nc(Cl)ncc3C)C2)cc1. The summed E-state index contributed by atoms with van der Waals surface area (Å²) in [7, 11) is 0. The number of nitrogens with zero attached hydrogens (tertiary/aromatic N) is 3. The van der Waals surface area contributed by atoms with Gasteiger partial charge in [-0.2, -0.15) is 0 Å². The Labute approximate surface area is 159 Å². The van der Waals surface area contributed by atoms with Crippen LogP contribution in [0, 0.1) is 6.92 Å². The monoisotopic (exact) mass is 373 g/mol. The molecule has 1 aliphatic heterocycles. The molecule has 3 rings (SSSR count). The highest BCUT2D eigenvalue weighted by molar-refractivity contribution is 6.28. The first kappa shape index (κ1) is 18.6. The summed E-state index contributed by atoms with van der Waals surface area (Å²) in [6.45, 7) is 7.34. The molecule has 0 unspecified atom stereocenters. The van der Waals surface area contributed by atoms with Crippen LogP contribution in [-0.4, -0.2) is 34.9 Å². The molecular formula is C20H24ClN3O2. The first-order valence-electron chi connectivity index (χ1n) is 8.92. The summed E-state index contributed by atoms with van der Waals surface area (Å²) in [5.74, 6) is 2.18. The molecule has 1 aromatic heterocycles. The highest BCUT2D eigenvalue weighted by atomic mass is 35.5. The Kier molecular flexibility index (Phi) is 5.77. The molecule has 1 fully saturated rings. The molecule has 2 atom stereocenters. The van der Waals surface area contributed by atoms with Gasteiger partial charge in [0.05, 0.1) is 6.54 Å². The number of hydrogen-bond acceptors (Lipinski definition) is 5. The number of aromatic nitrogens is 2. The van der Waals surface area contributed by atoms with Gasteiger partial charge in [-0.15, -0.1) is 0 Å². The summed E-state index contributed by atoms with van der Waals surface area (Å²) in [5.41, 5.74) is 2.17. The lowest BCUT2D eigenvalue weighted by Crippen LogP contribution is -2.26. The molecule has 6 heteroatoms. The maximum Gasteiger partial charge on any atom is 0.224 e. The van der Waals surface area contributed by atoms with Crippen molar-refractivity contribution in [3.05, 3.63) is 46.9 Å². The lowest BCUT2D eigenvalue weighted by atomic mass is 9.96. The molecule has 1 aliphatic rings. The minimum Gasteiger partial charge on any atom is -0.489 e. The van der Waals surface area contributed by atoms with Crippen molar-refractivity contribution >= 4 is 23.2 Å². The van der Waals surface area contributed by atoms with E-state index in [0.717, 1.165) is 42.2 Å². The quantitative estimate of drug-likeness (QED) is 0.711. The van der Waals surface area contributed by atoms with E-state index in [4.69, 9.17) is 16.3 Å². The molecule has 1 saturated heterocycles. The Morgan fingerprint density at radius 1 is 1.38 bits per heavy atom. The lowest BCUT2D eigenvalue weighted by molar-refractivity contribution is -0.117. The number of rotatable bonds is 6. The van der Waals surface area contributed by atoms with E-state index in [1.165, 1.54) is 0 Å². The standard InChI is InChI=1S/C20H24ClN3O2/c1-13(10-15(3)25)16-4-6-17(7-5-16)26-18-8-9-24(12-18)19-14(2)11-22-20(21)23-19/h4-7,11,13,18H,8-10,12H2,1-3H3/t13-,18-/m1/s1. The van der Waals surface area contributed by atoms with Gasteiger partial charge in [-0.05, 0) is 49.1 Å². The molecule has 0 N–H and O–H groups in total. The van der Waals surface area contributed by atoms with Gasteiger partial charge in [0.15, 0.2) is 0 Å². The maximum absolute atomic E-state index is 11.3. The molecule has 0 bridgehead atoms. The van der Waals surface area contributed by atoms with Gasteiger partial charge in [-0.1, -0.05) is 19.1 Å². The van der Waals surface area contributed by atoms with Crippen LogP contribution in [0.2, 0.25) is 5.28 Å². The fraction of sp³-hybridized carbons (Fsp3) is 0.450. The highest BCUT2D eigenvalue weighted by Crippen LogP contribution is 2.27. The topological polar surface area (TPSA) is 55.3 Å². The number of carbonyl (C=O) groups excluding carboxylic acids is 1. The van der Waals surface area contributed by atoms with E-state index in [-0.39, 0.29) is 23.1 Å². The van der Waals surface area contributed by atoms with E-state index >= 15 is 0 Å². The van der Waals surface area contributed by atoms with Crippen LogP contribution in [0.15, 0.2) is 30.5 Å². The summed E-state index contributed by atoms with van der Waals surface area (Å²) < 4.78 is 6.13. The van der Waals surface area contributed by atoms with Gasteiger partial charge >= 0.3 is 0 Å². The minimum atomic E-state index is 0.114. The number of aryl methyl sites for hydroxylation is 1. The van der Waals surface area contributed by atoms with Gasteiger partial charge in [-0.3, -0.25) is 0 Å². The van der Waals surface area contributed by atoms with Gasteiger partial charge in [-0.25, -0.2) is 9.97 Å². The third-order valence-corrected chi connectivity index (χ3v) is 4.89. The summed E-state index contributed by atoms with van der Waals surface area (Å²) in [6.07, 6.45) is 3.37. The van der Waals surface area contributed by atoms with E-state index in [0.29, 0.717) is 6.42 Å². The molecule has 0 radical (unpaired) electrons. The largest absolute Gasteiger partial charge is 0.489 e. The van der Waals surface area contributed by atoms with Crippen molar-refractivity contribution in [3.63, 3.8) is 0 Å². The van der Waals surface area contributed by atoms with Crippen LogP contribution in [0.5, 0.6) is 5.75 Å².